The van der Waals surface area contributed by atoms with Gasteiger partial charge in [0.1, 0.15) is 12.7 Å². The summed E-state index contributed by atoms with van der Waals surface area (Å²) < 4.78 is 3.75. The van der Waals surface area contributed by atoms with Crippen LogP contribution >= 0.6 is 0 Å². The van der Waals surface area contributed by atoms with E-state index in [1.54, 1.807) is 12.7 Å². The van der Waals surface area contributed by atoms with Crippen LogP contribution in [-0.2, 0) is 0 Å². The first-order valence-electron chi connectivity index (χ1n) is 4.85. The van der Waals surface area contributed by atoms with Crippen LogP contribution < -0.4 is 0 Å². The number of fused-ring (bicyclic) bond motifs is 6. The maximum atomic E-state index is 4.11. The molecule has 0 N–H and O–H groups in total. The second-order valence-corrected chi connectivity index (χ2v) is 3.54. The molecule has 0 fully saturated rings. The highest BCUT2D eigenvalue weighted by Crippen LogP contribution is 2.19. The average Bonchev–Trinajstić information content (AvgIpc) is 2.98. The maximum Gasteiger partial charge on any atom is 0.242 e. The van der Waals surface area contributed by atoms with Crippen LogP contribution in [0.1, 0.15) is 0 Å². The maximum absolute atomic E-state index is 4.11. The normalized spacial score (nSPS) is 11.8. The van der Waals surface area contributed by atoms with Crippen LogP contribution in [0.2, 0.25) is 0 Å². The molecule has 0 aliphatic carbocycles. The van der Waals surface area contributed by atoms with E-state index < -0.39 is 0 Å². The molecule has 0 aliphatic heterocycles. The van der Waals surface area contributed by atoms with Gasteiger partial charge in [0.2, 0.25) is 5.78 Å². The van der Waals surface area contributed by atoms with E-state index in [0.717, 1.165) is 22.3 Å². The van der Waals surface area contributed by atoms with E-state index in [-0.39, 0.29) is 0 Å². The molecule has 1 aromatic carbocycles. The van der Waals surface area contributed by atoms with Gasteiger partial charge in [0, 0.05) is 5.39 Å². The number of para-hydroxylation sites is 1. The van der Waals surface area contributed by atoms with Gasteiger partial charge >= 0.3 is 0 Å². The summed E-state index contributed by atoms with van der Waals surface area (Å²) in [4.78, 5) is 0. The summed E-state index contributed by atoms with van der Waals surface area (Å²) in [6.45, 7) is 0. The molecule has 0 aliphatic rings. The van der Waals surface area contributed by atoms with Gasteiger partial charge in [-0.05, 0) is 12.1 Å². The summed E-state index contributed by atoms with van der Waals surface area (Å²) >= 11 is 0. The monoisotopic (exact) mass is 210 g/mol. The SMILES string of the molecule is c1ccc2c(c1)c1nncn1c1nncn21. The third kappa shape index (κ3) is 0.773. The molecule has 0 amide bonds. The lowest BCUT2D eigenvalue weighted by Crippen LogP contribution is -1.96. The Morgan fingerprint density at radius 3 is 2.69 bits per heavy atom. The molecule has 6 heteroatoms. The fourth-order valence-corrected chi connectivity index (χ4v) is 2.00. The van der Waals surface area contributed by atoms with Crippen molar-refractivity contribution in [1.29, 1.82) is 0 Å². The molecule has 0 unspecified atom stereocenters. The standard InChI is InChI=1S/C10H6N6/c1-2-4-8-7(3-1)9-13-11-6-16(9)10-14-12-5-15(8)10/h1-6H. The number of hydrogen-bond donors (Lipinski definition) is 0. The molecular formula is C10H6N6. The van der Waals surface area contributed by atoms with Gasteiger partial charge in [-0.2, -0.15) is 0 Å². The Morgan fingerprint density at radius 1 is 0.875 bits per heavy atom. The molecule has 0 spiro atoms. The van der Waals surface area contributed by atoms with Gasteiger partial charge < -0.3 is 0 Å². The zero-order valence-electron chi connectivity index (χ0n) is 8.15. The highest BCUT2D eigenvalue weighted by atomic mass is 15.3. The van der Waals surface area contributed by atoms with Crippen molar-refractivity contribution in [1.82, 2.24) is 29.2 Å². The zero-order chi connectivity index (χ0) is 10.5. The third-order valence-electron chi connectivity index (χ3n) is 2.70. The van der Waals surface area contributed by atoms with Crippen molar-refractivity contribution in [3.63, 3.8) is 0 Å². The molecule has 0 saturated carbocycles. The van der Waals surface area contributed by atoms with Crippen molar-refractivity contribution in [2.45, 2.75) is 0 Å². The Bertz CT molecular complexity index is 743. The van der Waals surface area contributed by atoms with Crippen molar-refractivity contribution in [3.8, 4) is 0 Å². The summed E-state index contributed by atoms with van der Waals surface area (Å²) in [5.74, 6) is 0.721. The molecule has 16 heavy (non-hydrogen) atoms. The van der Waals surface area contributed by atoms with E-state index in [1.165, 1.54) is 0 Å². The number of hydrogen-bond acceptors (Lipinski definition) is 4. The number of benzene rings is 1. The highest BCUT2D eigenvalue weighted by Gasteiger charge is 2.09. The van der Waals surface area contributed by atoms with Crippen LogP contribution in [-0.4, -0.2) is 29.2 Å². The van der Waals surface area contributed by atoms with Crippen LogP contribution in [0.15, 0.2) is 36.9 Å². The van der Waals surface area contributed by atoms with Gasteiger partial charge in [-0.25, -0.2) is 4.40 Å². The molecule has 6 nitrogen and oxygen atoms in total. The Balaban J connectivity index is 2.51. The van der Waals surface area contributed by atoms with Crippen molar-refractivity contribution in [2.75, 3.05) is 0 Å². The number of aromatic nitrogens is 6. The van der Waals surface area contributed by atoms with Crippen LogP contribution in [0.5, 0.6) is 0 Å². The minimum atomic E-state index is 0.721. The summed E-state index contributed by atoms with van der Waals surface area (Å²) in [7, 11) is 0. The van der Waals surface area contributed by atoms with Crippen LogP contribution in [0.3, 0.4) is 0 Å². The number of nitrogens with zero attached hydrogens (tertiary/aromatic N) is 6. The van der Waals surface area contributed by atoms with Gasteiger partial charge in [0.15, 0.2) is 5.65 Å². The first-order chi connectivity index (χ1) is 7.95. The number of rotatable bonds is 0. The summed E-state index contributed by atoms with van der Waals surface area (Å²) in [5.41, 5.74) is 1.83. The molecule has 3 heterocycles. The average molecular weight is 210 g/mol. The van der Waals surface area contributed by atoms with Crippen LogP contribution in [0.25, 0.3) is 22.3 Å². The largest absolute Gasteiger partial charge is 0.266 e. The minimum absolute atomic E-state index is 0.721. The molecule has 0 radical (unpaired) electrons. The first-order valence-corrected chi connectivity index (χ1v) is 4.85. The molecule has 0 atom stereocenters. The van der Waals surface area contributed by atoms with Gasteiger partial charge in [0.25, 0.3) is 0 Å². The molecular weight excluding hydrogens is 204 g/mol. The lowest BCUT2D eigenvalue weighted by molar-refractivity contribution is 1.06. The lowest BCUT2D eigenvalue weighted by atomic mass is 10.2. The van der Waals surface area contributed by atoms with E-state index in [9.17, 15) is 0 Å². The molecule has 4 aromatic rings. The second-order valence-electron chi connectivity index (χ2n) is 3.54. The predicted octanol–water partition coefficient (Wildman–Crippen LogP) is 0.925. The van der Waals surface area contributed by atoms with E-state index >= 15 is 0 Å². The van der Waals surface area contributed by atoms with Crippen molar-refractivity contribution in [3.05, 3.63) is 36.9 Å². The van der Waals surface area contributed by atoms with E-state index in [0.29, 0.717) is 0 Å². The van der Waals surface area contributed by atoms with Gasteiger partial charge in [0.05, 0.1) is 5.52 Å². The molecule has 3 aromatic heterocycles. The zero-order valence-corrected chi connectivity index (χ0v) is 8.15. The predicted molar refractivity (Wildman–Crippen MR) is 57.0 cm³/mol. The van der Waals surface area contributed by atoms with Crippen LogP contribution in [0.4, 0.5) is 0 Å². The topological polar surface area (TPSA) is 60.4 Å². The Kier molecular flexibility index (Phi) is 1.23. The lowest BCUT2D eigenvalue weighted by Gasteiger charge is -2.02. The molecule has 4 rings (SSSR count). The van der Waals surface area contributed by atoms with Gasteiger partial charge in [-0.15, -0.1) is 20.4 Å². The first kappa shape index (κ1) is 7.75. The third-order valence-corrected chi connectivity index (χ3v) is 2.70. The fourth-order valence-electron chi connectivity index (χ4n) is 2.00. The molecule has 76 valence electrons. The Morgan fingerprint density at radius 2 is 1.69 bits per heavy atom. The minimum Gasteiger partial charge on any atom is -0.266 e. The summed E-state index contributed by atoms with van der Waals surface area (Å²) in [5, 5.41) is 17.0. The molecule has 0 bridgehead atoms. The smallest absolute Gasteiger partial charge is 0.242 e. The Hall–Kier alpha value is -2.50. The van der Waals surface area contributed by atoms with Crippen molar-refractivity contribution < 1.29 is 0 Å². The second kappa shape index (κ2) is 2.54. The van der Waals surface area contributed by atoms with Gasteiger partial charge in [-0.1, -0.05) is 12.1 Å². The van der Waals surface area contributed by atoms with E-state index in [1.807, 2.05) is 33.1 Å². The Labute approximate surface area is 89.2 Å². The summed E-state index contributed by atoms with van der Waals surface area (Å²) in [6.07, 6.45) is 3.34. The van der Waals surface area contributed by atoms with E-state index in [4.69, 9.17) is 0 Å². The quantitative estimate of drug-likeness (QED) is 0.433. The van der Waals surface area contributed by atoms with E-state index in [2.05, 4.69) is 20.4 Å². The summed E-state index contributed by atoms with van der Waals surface area (Å²) in [6, 6.07) is 7.99. The van der Waals surface area contributed by atoms with Crippen LogP contribution in [0, 0.1) is 0 Å². The van der Waals surface area contributed by atoms with Gasteiger partial charge in [-0.3, -0.25) is 4.40 Å². The fraction of sp³-hybridized carbons (Fsp3) is 0. The van der Waals surface area contributed by atoms with Crippen molar-refractivity contribution >= 4 is 22.3 Å². The highest BCUT2D eigenvalue weighted by molar-refractivity contribution is 5.93. The molecule has 0 saturated heterocycles. The van der Waals surface area contributed by atoms with Crippen molar-refractivity contribution in [2.24, 2.45) is 0 Å².